The van der Waals surface area contributed by atoms with Crippen LogP contribution in [0.1, 0.15) is 13.3 Å². The third-order valence-corrected chi connectivity index (χ3v) is 3.36. The standard InChI is InChI=1S/C13H18N4O3/c1-3-10(12(18)19)15(2)8-9-17-13(20)16-7-5-4-6-11(16)14-17/h4-7,10H,3,8-9H2,1-2H3,(H,18,19). The number of likely N-dealkylation sites (N-methyl/N-ethyl adjacent to an activating group) is 1. The first kappa shape index (κ1) is 14.3. The summed E-state index contributed by atoms with van der Waals surface area (Å²) < 4.78 is 2.83. The fraction of sp³-hybridized carbons (Fsp3) is 0.462. The number of carboxylic acids is 1. The molecule has 2 aromatic rings. The highest BCUT2D eigenvalue weighted by molar-refractivity contribution is 5.73. The van der Waals surface area contributed by atoms with Crippen molar-refractivity contribution in [2.45, 2.75) is 25.9 Å². The van der Waals surface area contributed by atoms with Crippen molar-refractivity contribution >= 4 is 11.6 Å². The Morgan fingerprint density at radius 2 is 2.25 bits per heavy atom. The lowest BCUT2D eigenvalue weighted by molar-refractivity contribution is -0.142. The monoisotopic (exact) mass is 278 g/mol. The van der Waals surface area contributed by atoms with Crippen LogP contribution in [0.2, 0.25) is 0 Å². The summed E-state index contributed by atoms with van der Waals surface area (Å²) in [6.45, 7) is 2.64. The molecule has 0 amide bonds. The van der Waals surface area contributed by atoms with Gasteiger partial charge in [0.2, 0.25) is 0 Å². The van der Waals surface area contributed by atoms with Crippen molar-refractivity contribution in [3.05, 3.63) is 34.9 Å². The quantitative estimate of drug-likeness (QED) is 0.821. The van der Waals surface area contributed by atoms with E-state index in [0.29, 0.717) is 25.2 Å². The molecular weight excluding hydrogens is 260 g/mol. The molecule has 0 bridgehead atoms. The van der Waals surface area contributed by atoms with Crippen LogP contribution in [-0.2, 0) is 11.3 Å². The Bertz CT molecular complexity index is 661. The fourth-order valence-electron chi connectivity index (χ4n) is 2.20. The summed E-state index contributed by atoms with van der Waals surface area (Å²) in [6, 6.07) is 4.80. The second-order valence-electron chi connectivity index (χ2n) is 4.68. The minimum Gasteiger partial charge on any atom is -0.480 e. The normalized spacial score (nSPS) is 12.9. The zero-order chi connectivity index (χ0) is 14.7. The van der Waals surface area contributed by atoms with Crippen LogP contribution in [0.5, 0.6) is 0 Å². The number of rotatable bonds is 6. The maximum absolute atomic E-state index is 12.0. The second kappa shape index (κ2) is 5.87. The van der Waals surface area contributed by atoms with E-state index < -0.39 is 12.0 Å². The highest BCUT2D eigenvalue weighted by Gasteiger charge is 2.20. The number of aromatic nitrogens is 3. The average molecular weight is 278 g/mol. The van der Waals surface area contributed by atoms with E-state index in [9.17, 15) is 9.59 Å². The number of carboxylic acid groups (broad SMARTS) is 1. The molecule has 0 aliphatic rings. The third kappa shape index (κ3) is 2.72. The van der Waals surface area contributed by atoms with Gasteiger partial charge in [0, 0.05) is 12.7 Å². The summed E-state index contributed by atoms with van der Waals surface area (Å²) in [6.07, 6.45) is 2.18. The predicted molar refractivity (Wildman–Crippen MR) is 73.8 cm³/mol. The van der Waals surface area contributed by atoms with Gasteiger partial charge in [-0.1, -0.05) is 13.0 Å². The van der Waals surface area contributed by atoms with Gasteiger partial charge in [0.15, 0.2) is 5.65 Å². The van der Waals surface area contributed by atoms with E-state index in [0.717, 1.165) is 0 Å². The van der Waals surface area contributed by atoms with E-state index >= 15 is 0 Å². The van der Waals surface area contributed by atoms with E-state index in [4.69, 9.17) is 5.11 Å². The summed E-state index contributed by atoms with van der Waals surface area (Å²) >= 11 is 0. The minimum atomic E-state index is -0.850. The molecule has 1 atom stereocenters. The summed E-state index contributed by atoms with van der Waals surface area (Å²) in [7, 11) is 1.74. The third-order valence-electron chi connectivity index (χ3n) is 3.36. The van der Waals surface area contributed by atoms with Gasteiger partial charge in [0.05, 0.1) is 6.54 Å². The SMILES string of the molecule is CCC(C(=O)O)N(C)CCn1nc2ccccn2c1=O. The number of nitrogens with zero attached hydrogens (tertiary/aromatic N) is 4. The Labute approximate surface area is 116 Å². The number of carbonyl (C=O) groups is 1. The summed E-state index contributed by atoms with van der Waals surface area (Å²) in [5.74, 6) is -0.850. The number of pyridine rings is 1. The van der Waals surface area contributed by atoms with Gasteiger partial charge in [-0.3, -0.25) is 14.1 Å². The molecule has 0 fully saturated rings. The molecule has 1 N–H and O–H groups in total. The molecule has 2 heterocycles. The van der Waals surface area contributed by atoms with E-state index in [-0.39, 0.29) is 5.69 Å². The van der Waals surface area contributed by atoms with Crippen LogP contribution in [0, 0.1) is 0 Å². The molecule has 0 aliphatic heterocycles. The molecule has 7 heteroatoms. The van der Waals surface area contributed by atoms with E-state index in [2.05, 4.69) is 5.10 Å². The molecule has 7 nitrogen and oxygen atoms in total. The Morgan fingerprint density at radius 3 is 2.85 bits per heavy atom. The van der Waals surface area contributed by atoms with Gasteiger partial charge in [-0.15, -0.1) is 5.10 Å². The van der Waals surface area contributed by atoms with Crippen molar-refractivity contribution in [3.63, 3.8) is 0 Å². The van der Waals surface area contributed by atoms with Crippen molar-refractivity contribution in [1.29, 1.82) is 0 Å². The van der Waals surface area contributed by atoms with Crippen LogP contribution in [0.15, 0.2) is 29.2 Å². The van der Waals surface area contributed by atoms with Gasteiger partial charge < -0.3 is 5.11 Å². The average Bonchev–Trinajstić information content (AvgIpc) is 2.74. The van der Waals surface area contributed by atoms with Crippen LogP contribution in [0.3, 0.4) is 0 Å². The van der Waals surface area contributed by atoms with Crippen molar-refractivity contribution in [3.8, 4) is 0 Å². The first-order chi connectivity index (χ1) is 9.54. The summed E-state index contributed by atoms with van der Waals surface area (Å²) in [5, 5.41) is 13.3. The van der Waals surface area contributed by atoms with Crippen LogP contribution >= 0.6 is 0 Å². The van der Waals surface area contributed by atoms with Gasteiger partial charge >= 0.3 is 11.7 Å². The minimum absolute atomic E-state index is 0.211. The number of hydrogen-bond donors (Lipinski definition) is 1. The highest BCUT2D eigenvalue weighted by Crippen LogP contribution is 2.02. The summed E-state index contributed by atoms with van der Waals surface area (Å²) in [5.41, 5.74) is 0.378. The predicted octanol–water partition coefficient (Wildman–Crippen LogP) is 0.291. The highest BCUT2D eigenvalue weighted by atomic mass is 16.4. The zero-order valence-electron chi connectivity index (χ0n) is 11.6. The molecule has 2 aromatic heterocycles. The van der Waals surface area contributed by atoms with E-state index in [1.54, 1.807) is 30.3 Å². The molecule has 0 saturated carbocycles. The second-order valence-corrected chi connectivity index (χ2v) is 4.68. The van der Waals surface area contributed by atoms with Crippen LogP contribution < -0.4 is 5.69 Å². The number of hydrogen-bond acceptors (Lipinski definition) is 4. The lowest BCUT2D eigenvalue weighted by Gasteiger charge is -2.22. The molecule has 1 unspecified atom stereocenters. The molecular formula is C13H18N4O3. The fourth-order valence-corrected chi connectivity index (χ4v) is 2.20. The van der Waals surface area contributed by atoms with Crippen molar-refractivity contribution in [2.75, 3.05) is 13.6 Å². The van der Waals surface area contributed by atoms with Gasteiger partial charge in [-0.05, 0) is 25.6 Å². The maximum atomic E-state index is 12.0. The molecule has 2 rings (SSSR count). The van der Waals surface area contributed by atoms with Crippen LogP contribution in [0.4, 0.5) is 0 Å². The summed E-state index contributed by atoms with van der Waals surface area (Å²) in [4.78, 5) is 24.8. The first-order valence-electron chi connectivity index (χ1n) is 6.52. The first-order valence-corrected chi connectivity index (χ1v) is 6.52. The molecule has 108 valence electrons. The van der Waals surface area contributed by atoms with Crippen molar-refractivity contribution < 1.29 is 9.90 Å². The molecule has 0 aliphatic carbocycles. The van der Waals surface area contributed by atoms with Gasteiger partial charge in [-0.25, -0.2) is 9.48 Å². The maximum Gasteiger partial charge on any atom is 0.350 e. The van der Waals surface area contributed by atoms with Gasteiger partial charge in [0.1, 0.15) is 6.04 Å². The Balaban J connectivity index is 2.11. The molecule has 0 aromatic carbocycles. The Kier molecular flexibility index (Phi) is 4.19. The number of aliphatic carboxylic acids is 1. The van der Waals surface area contributed by atoms with Crippen molar-refractivity contribution in [1.82, 2.24) is 19.1 Å². The lowest BCUT2D eigenvalue weighted by atomic mass is 10.2. The van der Waals surface area contributed by atoms with E-state index in [1.807, 2.05) is 13.0 Å². The van der Waals surface area contributed by atoms with Crippen LogP contribution in [-0.4, -0.2) is 49.8 Å². The van der Waals surface area contributed by atoms with Crippen LogP contribution in [0.25, 0.3) is 5.65 Å². The molecule has 0 saturated heterocycles. The van der Waals surface area contributed by atoms with Gasteiger partial charge in [-0.2, -0.15) is 0 Å². The Morgan fingerprint density at radius 1 is 1.50 bits per heavy atom. The largest absolute Gasteiger partial charge is 0.480 e. The molecule has 0 radical (unpaired) electrons. The zero-order valence-corrected chi connectivity index (χ0v) is 11.6. The van der Waals surface area contributed by atoms with E-state index in [1.165, 1.54) is 9.08 Å². The van der Waals surface area contributed by atoms with Crippen molar-refractivity contribution in [2.24, 2.45) is 0 Å². The molecule has 20 heavy (non-hydrogen) atoms. The van der Waals surface area contributed by atoms with Gasteiger partial charge in [0.25, 0.3) is 0 Å². The topological polar surface area (TPSA) is 79.8 Å². The molecule has 0 spiro atoms. The smallest absolute Gasteiger partial charge is 0.350 e. The lowest BCUT2D eigenvalue weighted by Crippen LogP contribution is -2.40. The number of fused-ring (bicyclic) bond motifs is 1. The Hall–Kier alpha value is -2.15.